The largest absolute Gasteiger partial charge is 0.303 e. The first kappa shape index (κ1) is 12.5. The number of para-hydroxylation sites is 1. The minimum atomic E-state index is -0.500. The van der Waals surface area contributed by atoms with Gasteiger partial charge in [0.15, 0.2) is 0 Å². The molecule has 1 fully saturated rings. The second kappa shape index (κ2) is 5.12. The highest BCUT2D eigenvalue weighted by Gasteiger charge is 2.42. The van der Waals surface area contributed by atoms with Gasteiger partial charge in [0.25, 0.3) is 0 Å². The van der Waals surface area contributed by atoms with Crippen molar-refractivity contribution in [3.05, 3.63) is 30.3 Å². The van der Waals surface area contributed by atoms with Crippen molar-refractivity contribution in [3.63, 3.8) is 0 Å². The molecule has 1 aliphatic rings. The summed E-state index contributed by atoms with van der Waals surface area (Å²) in [6.07, 6.45) is 1.49. The minimum absolute atomic E-state index is 0.130. The topological polar surface area (TPSA) is 54.5 Å². The van der Waals surface area contributed by atoms with Crippen molar-refractivity contribution in [2.24, 2.45) is 11.8 Å². The number of nitrogens with zero attached hydrogens (tertiary/aromatic N) is 1. The highest BCUT2D eigenvalue weighted by Crippen LogP contribution is 2.31. The van der Waals surface area contributed by atoms with E-state index in [1.807, 2.05) is 13.0 Å². The fraction of sp³-hybridized carbons (Fsp3) is 0.357. The predicted molar refractivity (Wildman–Crippen MR) is 66.9 cm³/mol. The van der Waals surface area contributed by atoms with Crippen LogP contribution in [0.4, 0.5) is 5.69 Å². The molecule has 4 nitrogen and oxygen atoms in total. The molecular formula is C14H15NO3. The van der Waals surface area contributed by atoms with Crippen LogP contribution in [0.25, 0.3) is 0 Å². The molecule has 0 saturated carbocycles. The van der Waals surface area contributed by atoms with Gasteiger partial charge in [-0.15, -0.1) is 0 Å². The Kier molecular flexibility index (Phi) is 3.55. The van der Waals surface area contributed by atoms with Gasteiger partial charge in [0.05, 0.1) is 11.6 Å². The molecule has 1 aliphatic heterocycles. The number of hydrogen-bond acceptors (Lipinski definition) is 3. The quantitative estimate of drug-likeness (QED) is 0.600. The molecule has 0 spiro atoms. The molecule has 1 heterocycles. The Morgan fingerprint density at radius 2 is 2.00 bits per heavy atom. The lowest BCUT2D eigenvalue weighted by molar-refractivity contribution is -0.125. The van der Waals surface area contributed by atoms with E-state index < -0.39 is 5.92 Å². The third-order valence-electron chi connectivity index (χ3n) is 3.36. The maximum Gasteiger partial charge on any atom is 0.238 e. The zero-order chi connectivity index (χ0) is 13.1. The first-order valence-corrected chi connectivity index (χ1v) is 6.06. The molecule has 4 heteroatoms. The number of imide groups is 1. The smallest absolute Gasteiger partial charge is 0.238 e. The Hall–Kier alpha value is -1.97. The molecule has 0 aliphatic carbocycles. The van der Waals surface area contributed by atoms with Crippen LogP contribution in [0.5, 0.6) is 0 Å². The van der Waals surface area contributed by atoms with Gasteiger partial charge in [0.2, 0.25) is 11.8 Å². The van der Waals surface area contributed by atoms with Gasteiger partial charge in [0, 0.05) is 12.3 Å². The van der Waals surface area contributed by atoms with E-state index in [1.54, 1.807) is 24.3 Å². The third-order valence-corrected chi connectivity index (χ3v) is 3.36. The van der Waals surface area contributed by atoms with Crippen LogP contribution >= 0.6 is 0 Å². The van der Waals surface area contributed by atoms with Crippen LogP contribution in [0, 0.1) is 11.8 Å². The van der Waals surface area contributed by atoms with Gasteiger partial charge in [-0.1, -0.05) is 25.1 Å². The Bertz CT molecular complexity index is 469. The third kappa shape index (κ3) is 2.06. The fourth-order valence-electron chi connectivity index (χ4n) is 2.31. The lowest BCUT2D eigenvalue weighted by Gasteiger charge is -2.16. The fourth-order valence-corrected chi connectivity index (χ4v) is 2.31. The molecule has 2 amide bonds. The summed E-state index contributed by atoms with van der Waals surface area (Å²) in [6.45, 7) is 1.85. The lowest BCUT2D eigenvalue weighted by atomic mass is 9.90. The average molecular weight is 245 g/mol. The van der Waals surface area contributed by atoms with Crippen LogP contribution in [-0.4, -0.2) is 18.1 Å². The van der Waals surface area contributed by atoms with Crippen LogP contribution in [0.3, 0.4) is 0 Å². The minimum Gasteiger partial charge on any atom is -0.303 e. The molecule has 1 aromatic rings. The molecule has 1 unspecified atom stereocenters. The summed E-state index contributed by atoms with van der Waals surface area (Å²) in [5, 5.41) is 0. The van der Waals surface area contributed by atoms with Gasteiger partial charge in [-0.05, 0) is 18.6 Å². The lowest BCUT2D eigenvalue weighted by Crippen LogP contribution is -2.32. The number of anilines is 1. The standard InChI is InChI=1S/C14H15NO3/c1-2-10(9-16)12-8-13(17)15(14(12)18)11-6-4-3-5-7-11/h3-7,9-10,12H,2,8H2,1H3/t10?,12-/m1/s1. The summed E-state index contributed by atoms with van der Waals surface area (Å²) < 4.78 is 0. The van der Waals surface area contributed by atoms with Crippen LogP contribution < -0.4 is 4.90 Å². The maximum absolute atomic E-state index is 12.2. The monoisotopic (exact) mass is 245 g/mol. The van der Waals surface area contributed by atoms with Crippen molar-refractivity contribution in [3.8, 4) is 0 Å². The molecule has 1 saturated heterocycles. The zero-order valence-corrected chi connectivity index (χ0v) is 10.2. The van der Waals surface area contributed by atoms with Crippen LogP contribution in [0.2, 0.25) is 0 Å². The molecule has 0 aromatic heterocycles. The van der Waals surface area contributed by atoms with Crippen molar-refractivity contribution >= 4 is 23.8 Å². The number of carbonyl (C=O) groups excluding carboxylic acids is 3. The molecule has 0 radical (unpaired) electrons. The Labute approximate surface area is 106 Å². The predicted octanol–water partition coefficient (Wildman–Crippen LogP) is 1.79. The molecule has 2 rings (SSSR count). The van der Waals surface area contributed by atoms with Crippen LogP contribution in [0.1, 0.15) is 19.8 Å². The van der Waals surface area contributed by atoms with Crippen LogP contribution in [-0.2, 0) is 14.4 Å². The van der Waals surface area contributed by atoms with Crippen molar-refractivity contribution in [1.29, 1.82) is 0 Å². The molecule has 94 valence electrons. The second-order valence-corrected chi connectivity index (χ2v) is 4.42. The molecule has 18 heavy (non-hydrogen) atoms. The first-order valence-electron chi connectivity index (χ1n) is 6.06. The van der Waals surface area contributed by atoms with E-state index in [1.165, 1.54) is 4.90 Å². The van der Waals surface area contributed by atoms with Gasteiger partial charge in [-0.2, -0.15) is 0 Å². The van der Waals surface area contributed by atoms with E-state index >= 15 is 0 Å². The Morgan fingerprint density at radius 1 is 1.33 bits per heavy atom. The Morgan fingerprint density at radius 3 is 2.56 bits per heavy atom. The van der Waals surface area contributed by atoms with E-state index in [2.05, 4.69) is 0 Å². The van der Waals surface area contributed by atoms with Gasteiger partial charge in [-0.3, -0.25) is 14.5 Å². The normalized spacial score (nSPS) is 21.2. The van der Waals surface area contributed by atoms with E-state index in [9.17, 15) is 14.4 Å². The van der Waals surface area contributed by atoms with Gasteiger partial charge >= 0.3 is 0 Å². The van der Waals surface area contributed by atoms with Crippen molar-refractivity contribution in [2.45, 2.75) is 19.8 Å². The zero-order valence-electron chi connectivity index (χ0n) is 10.2. The van der Waals surface area contributed by atoms with Crippen LogP contribution in [0.15, 0.2) is 30.3 Å². The number of carbonyl (C=O) groups is 3. The number of aldehydes is 1. The highest BCUT2D eigenvalue weighted by atomic mass is 16.2. The van der Waals surface area contributed by atoms with Crippen molar-refractivity contribution in [2.75, 3.05) is 4.90 Å². The van der Waals surface area contributed by atoms with Crippen molar-refractivity contribution in [1.82, 2.24) is 0 Å². The Balaban J connectivity index is 2.28. The van der Waals surface area contributed by atoms with Gasteiger partial charge < -0.3 is 4.79 Å². The average Bonchev–Trinajstić information content (AvgIpc) is 2.68. The summed E-state index contributed by atoms with van der Waals surface area (Å²) in [4.78, 5) is 36.3. The van der Waals surface area contributed by atoms with E-state index in [4.69, 9.17) is 0 Å². The summed E-state index contributed by atoms with van der Waals surface area (Å²) in [5.74, 6) is -1.35. The summed E-state index contributed by atoms with van der Waals surface area (Å²) in [6, 6.07) is 8.83. The highest BCUT2D eigenvalue weighted by molar-refractivity contribution is 6.21. The molecule has 2 atom stereocenters. The number of benzene rings is 1. The molecule has 1 aromatic carbocycles. The summed E-state index contributed by atoms with van der Waals surface area (Å²) >= 11 is 0. The molecular weight excluding hydrogens is 230 g/mol. The summed E-state index contributed by atoms with van der Waals surface area (Å²) in [7, 11) is 0. The SMILES string of the molecule is CCC(C=O)[C@H]1CC(=O)N(c2ccccc2)C1=O. The number of rotatable bonds is 4. The van der Waals surface area contributed by atoms with Crippen molar-refractivity contribution < 1.29 is 14.4 Å². The first-order chi connectivity index (χ1) is 8.69. The molecule has 0 N–H and O–H groups in total. The van der Waals surface area contributed by atoms with Gasteiger partial charge in [0.1, 0.15) is 6.29 Å². The van der Waals surface area contributed by atoms with E-state index in [0.29, 0.717) is 12.1 Å². The van der Waals surface area contributed by atoms with E-state index in [-0.39, 0.29) is 24.2 Å². The molecule has 0 bridgehead atoms. The van der Waals surface area contributed by atoms with Gasteiger partial charge in [-0.25, -0.2) is 0 Å². The second-order valence-electron chi connectivity index (χ2n) is 4.42. The summed E-state index contributed by atoms with van der Waals surface area (Å²) in [5.41, 5.74) is 0.579. The number of hydrogen-bond donors (Lipinski definition) is 0. The van der Waals surface area contributed by atoms with E-state index in [0.717, 1.165) is 6.29 Å². The maximum atomic E-state index is 12.2. The number of amides is 2.